The normalized spacial score (nSPS) is 18.1. The monoisotopic (exact) mass is 360 g/mol. The van der Waals surface area contributed by atoms with E-state index in [9.17, 15) is 4.79 Å². The number of halogens is 1. The number of aromatic amines is 1. The maximum absolute atomic E-state index is 12.4. The Hall–Kier alpha value is -2.14. The van der Waals surface area contributed by atoms with E-state index in [1.807, 2.05) is 6.07 Å². The van der Waals surface area contributed by atoms with Crippen LogP contribution in [0.5, 0.6) is 11.5 Å². The molecule has 0 unspecified atom stereocenters. The van der Waals surface area contributed by atoms with Gasteiger partial charge in [-0.25, -0.2) is 0 Å². The zero-order valence-corrected chi connectivity index (χ0v) is 14.7. The van der Waals surface area contributed by atoms with Gasteiger partial charge in [0, 0.05) is 18.2 Å². The van der Waals surface area contributed by atoms with Crippen LogP contribution in [0.4, 0.5) is 0 Å². The van der Waals surface area contributed by atoms with Crippen molar-refractivity contribution in [2.24, 2.45) is 0 Å². The van der Waals surface area contributed by atoms with E-state index in [1.54, 1.807) is 12.3 Å². The van der Waals surface area contributed by atoms with Crippen LogP contribution >= 0.6 is 11.6 Å². The van der Waals surface area contributed by atoms with Crippen LogP contribution in [-0.4, -0.2) is 30.6 Å². The summed E-state index contributed by atoms with van der Waals surface area (Å²) in [5.41, 5.74) is 1.64. The number of rotatable bonds is 4. The Labute approximate surface area is 151 Å². The summed E-state index contributed by atoms with van der Waals surface area (Å²) in [5, 5.41) is 3.61. The molecule has 25 heavy (non-hydrogen) atoms. The van der Waals surface area contributed by atoms with Gasteiger partial charge in [0.05, 0.1) is 5.02 Å². The lowest BCUT2D eigenvalue weighted by Gasteiger charge is -2.31. The predicted octanol–water partition coefficient (Wildman–Crippen LogP) is 3.68. The number of ether oxygens (including phenoxy) is 2. The summed E-state index contributed by atoms with van der Waals surface area (Å²) in [4.78, 5) is 15.3. The Morgan fingerprint density at radius 1 is 1.16 bits per heavy atom. The lowest BCUT2D eigenvalue weighted by Crippen LogP contribution is -2.39. The third-order valence-corrected chi connectivity index (χ3v) is 5.41. The molecule has 0 saturated heterocycles. The Morgan fingerprint density at radius 3 is 2.64 bits per heavy atom. The Bertz CT molecular complexity index is 781. The molecule has 1 saturated carbocycles. The fourth-order valence-electron chi connectivity index (χ4n) is 3.84. The van der Waals surface area contributed by atoms with Crippen LogP contribution in [0, 0.1) is 0 Å². The lowest BCUT2D eigenvalue weighted by molar-refractivity contribution is 0.0938. The molecule has 2 N–H and O–H groups in total. The summed E-state index contributed by atoms with van der Waals surface area (Å²) >= 11 is 5.89. The molecule has 0 radical (unpaired) electrons. The number of carbonyl (C=O) groups is 1. The molecule has 2 aromatic rings. The summed E-state index contributed by atoms with van der Waals surface area (Å²) in [6.45, 7) is 1.77. The molecule has 2 aliphatic rings. The van der Waals surface area contributed by atoms with Gasteiger partial charge in [-0.15, -0.1) is 0 Å². The number of hydrogen-bond acceptors (Lipinski definition) is 3. The molecular weight excluding hydrogens is 340 g/mol. The van der Waals surface area contributed by atoms with E-state index in [2.05, 4.69) is 22.4 Å². The van der Waals surface area contributed by atoms with Crippen molar-refractivity contribution in [2.75, 3.05) is 19.8 Å². The van der Waals surface area contributed by atoms with Crippen molar-refractivity contribution in [3.8, 4) is 11.5 Å². The number of H-pyrrole nitrogens is 1. The smallest absolute Gasteiger partial charge is 0.267 e. The summed E-state index contributed by atoms with van der Waals surface area (Å²) in [6.07, 6.45) is 6.05. The van der Waals surface area contributed by atoms with Gasteiger partial charge in [-0.1, -0.05) is 30.5 Å². The lowest BCUT2D eigenvalue weighted by atomic mass is 9.78. The van der Waals surface area contributed by atoms with Crippen molar-refractivity contribution in [3.63, 3.8) is 0 Å². The third-order valence-electron chi connectivity index (χ3n) is 5.19. The highest BCUT2D eigenvalue weighted by atomic mass is 35.5. The Kier molecular flexibility index (Phi) is 4.34. The van der Waals surface area contributed by atoms with Crippen molar-refractivity contribution in [2.45, 2.75) is 31.1 Å². The topological polar surface area (TPSA) is 63.4 Å². The van der Waals surface area contributed by atoms with Gasteiger partial charge < -0.3 is 19.8 Å². The maximum atomic E-state index is 12.4. The van der Waals surface area contributed by atoms with Crippen molar-refractivity contribution < 1.29 is 14.3 Å². The molecule has 1 aromatic carbocycles. The second kappa shape index (κ2) is 6.64. The Morgan fingerprint density at radius 2 is 1.92 bits per heavy atom. The number of benzene rings is 1. The van der Waals surface area contributed by atoms with Gasteiger partial charge in [0.1, 0.15) is 18.9 Å². The van der Waals surface area contributed by atoms with Gasteiger partial charge in [-0.05, 0) is 36.6 Å². The molecule has 5 nitrogen and oxygen atoms in total. The standard InChI is InChI=1S/C19H21ClN2O3/c20-14-10-15(21-11-14)18(23)22-12-19(5-1-2-6-19)13-3-4-16-17(9-13)25-8-7-24-16/h3-4,9-11,21H,1-2,5-8,12H2,(H,22,23). The summed E-state index contributed by atoms with van der Waals surface area (Å²) in [6, 6.07) is 7.81. The highest BCUT2D eigenvalue weighted by molar-refractivity contribution is 6.30. The van der Waals surface area contributed by atoms with Crippen LogP contribution < -0.4 is 14.8 Å². The first kappa shape index (κ1) is 16.3. The number of fused-ring (bicyclic) bond motifs is 1. The number of aromatic nitrogens is 1. The summed E-state index contributed by atoms with van der Waals surface area (Å²) in [7, 11) is 0. The predicted molar refractivity (Wildman–Crippen MR) is 95.7 cm³/mol. The van der Waals surface area contributed by atoms with Crippen molar-refractivity contribution in [1.29, 1.82) is 0 Å². The summed E-state index contributed by atoms with van der Waals surface area (Å²) < 4.78 is 11.4. The minimum atomic E-state index is -0.129. The van der Waals surface area contributed by atoms with E-state index in [1.165, 1.54) is 18.4 Å². The van der Waals surface area contributed by atoms with E-state index in [-0.39, 0.29) is 11.3 Å². The third kappa shape index (κ3) is 3.21. The minimum Gasteiger partial charge on any atom is -0.486 e. The van der Waals surface area contributed by atoms with Crippen molar-refractivity contribution in [1.82, 2.24) is 10.3 Å². The van der Waals surface area contributed by atoms with E-state index in [0.29, 0.717) is 30.5 Å². The molecule has 1 fully saturated rings. The van der Waals surface area contributed by atoms with E-state index >= 15 is 0 Å². The largest absolute Gasteiger partial charge is 0.486 e. The van der Waals surface area contributed by atoms with E-state index in [0.717, 1.165) is 24.3 Å². The highest BCUT2D eigenvalue weighted by Gasteiger charge is 2.37. The molecule has 0 spiro atoms. The average molecular weight is 361 g/mol. The molecule has 0 atom stereocenters. The molecule has 1 aromatic heterocycles. The molecule has 132 valence electrons. The van der Waals surface area contributed by atoms with Crippen LogP contribution in [0.1, 0.15) is 41.7 Å². The average Bonchev–Trinajstić information content (AvgIpc) is 3.29. The van der Waals surface area contributed by atoms with Crippen LogP contribution in [-0.2, 0) is 5.41 Å². The fourth-order valence-corrected chi connectivity index (χ4v) is 4.00. The first-order chi connectivity index (χ1) is 12.2. The molecular formula is C19H21ClN2O3. The van der Waals surface area contributed by atoms with Crippen molar-refractivity contribution in [3.05, 3.63) is 46.7 Å². The van der Waals surface area contributed by atoms with Crippen LogP contribution in [0.2, 0.25) is 5.02 Å². The number of carbonyl (C=O) groups excluding carboxylic acids is 1. The van der Waals surface area contributed by atoms with Gasteiger partial charge in [0.15, 0.2) is 11.5 Å². The molecule has 0 bridgehead atoms. The zero-order valence-electron chi connectivity index (χ0n) is 13.9. The van der Waals surface area contributed by atoms with Crippen LogP contribution in [0.15, 0.2) is 30.5 Å². The minimum absolute atomic E-state index is 0.0537. The van der Waals surface area contributed by atoms with Gasteiger partial charge in [0.2, 0.25) is 0 Å². The first-order valence-electron chi connectivity index (χ1n) is 8.69. The maximum Gasteiger partial charge on any atom is 0.267 e. The van der Waals surface area contributed by atoms with Gasteiger partial charge in [-0.3, -0.25) is 4.79 Å². The van der Waals surface area contributed by atoms with Gasteiger partial charge >= 0.3 is 0 Å². The second-order valence-electron chi connectivity index (χ2n) is 6.76. The molecule has 4 rings (SSSR count). The second-order valence-corrected chi connectivity index (χ2v) is 7.20. The van der Waals surface area contributed by atoms with E-state index < -0.39 is 0 Å². The zero-order chi connectivity index (χ0) is 17.3. The summed E-state index contributed by atoms with van der Waals surface area (Å²) in [5.74, 6) is 1.47. The molecule has 1 amide bonds. The van der Waals surface area contributed by atoms with Crippen LogP contribution in [0.25, 0.3) is 0 Å². The van der Waals surface area contributed by atoms with Crippen LogP contribution in [0.3, 0.4) is 0 Å². The first-order valence-corrected chi connectivity index (χ1v) is 9.06. The SMILES string of the molecule is O=C(NCC1(c2ccc3c(c2)OCCO3)CCCC1)c1cc(Cl)c[nH]1. The Balaban J connectivity index is 1.54. The fraction of sp³-hybridized carbons (Fsp3) is 0.421. The van der Waals surface area contributed by atoms with Gasteiger partial charge in [0.25, 0.3) is 5.91 Å². The molecule has 2 heterocycles. The number of amides is 1. The highest BCUT2D eigenvalue weighted by Crippen LogP contribution is 2.43. The van der Waals surface area contributed by atoms with Gasteiger partial charge in [-0.2, -0.15) is 0 Å². The quantitative estimate of drug-likeness (QED) is 0.874. The van der Waals surface area contributed by atoms with E-state index in [4.69, 9.17) is 21.1 Å². The molecule has 1 aliphatic heterocycles. The van der Waals surface area contributed by atoms with Crippen molar-refractivity contribution >= 4 is 17.5 Å². The molecule has 1 aliphatic carbocycles. The number of nitrogens with one attached hydrogen (secondary N) is 2. The molecule has 6 heteroatoms. The number of hydrogen-bond donors (Lipinski definition) is 2.